The van der Waals surface area contributed by atoms with Crippen LogP contribution in [-0.4, -0.2) is 17.1 Å². The molecule has 1 aromatic heterocycles. The maximum atomic E-state index is 11.4. The highest BCUT2D eigenvalue weighted by molar-refractivity contribution is 7.13. The fourth-order valence-corrected chi connectivity index (χ4v) is 2.36. The predicted octanol–water partition coefficient (Wildman–Crippen LogP) is 2.45. The van der Waals surface area contributed by atoms with Gasteiger partial charge in [0.2, 0.25) is 0 Å². The summed E-state index contributed by atoms with van der Waals surface area (Å²) in [6, 6.07) is -0.360. The number of hydroxylamine groups is 1. The van der Waals surface area contributed by atoms with Gasteiger partial charge in [0, 0.05) is 5.38 Å². The summed E-state index contributed by atoms with van der Waals surface area (Å²) in [7, 11) is 0. The van der Waals surface area contributed by atoms with Crippen molar-refractivity contribution in [2.75, 3.05) is 5.32 Å². The first-order chi connectivity index (χ1) is 7.74. The summed E-state index contributed by atoms with van der Waals surface area (Å²) in [4.78, 5) is 20.8. The Hall–Kier alpha value is -1.14. The smallest absolute Gasteiger partial charge is 0.282 e. The van der Waals surface area contributed by atoms with Crippen molar-refractivity contribution in [2.24, 2.45) is 0 Å². The molecule has 5 nitrogen and oxygen atoms in total. The highest BCUT2D eigenvalue weighted by Gasteiger charge is 2.16. The van der Waals surface area contributed by atoms with E-state index in [1.165, 1.54) is 24.2 Å². The number of aromatic nitrogens is 1. The maximum Gasteiger partial charge on any atom is 0.344 e. The van der Waals surface area contributed by atoms with Gasteiger partial charge in [-0.3, -0.25) is 10.2 Å². The number of hydrogen-bond donors (Lipinski definition) is 2. The van der Waals surface area contributed by atoms with Crippen molar-refractivity contribution in [3.05, 3.63) is 11.1 Å². The lowest BCUT2D eigenvalue weighted by Crippen LogP contribution is -2.32. The lowest BCUT2D eigenvalue weighted by Gasteiger charge is -2.10. The van der Waals surface area contributed by atoms with E-state index in [2.05, 4.69) is 15.8 Å². The number of aryl methyl sites for hydroxylation is 1. The fourth-order valence-electron chi connectivity index (χ4n) is 1.68. The molecule has 6 heteroatoms. The molecule has 2 rings (SSSR count). The number of carbonyl (C=O) groups is 1. The Labute approximate surface area is 98.2 Å². The third-order valence-electron chi connectivity index (χ3n) is 2.46. The van der Waals surface area contributed by atoms with E-state index in [0.29, 0.717) is 5.13 Å². The molecule has 0 unspecified atom stereocenters. The molecular formula is C10H15N3O2S. The summed E-state index contributed by atoms with van der Waals surface area (Å²) in [6.45, 7) is 1.88. The molecule has 1 aliphatic carbocycles. The Morgan fingerprint density at radius 3 is 2.94 bits per heavy atom. The minimum Gasteiger partial charge on any atom is -0.282 e. The van der Waals surface area contributed by atoms with Crippen molar-refractivity contribution < 1.29 is 9.63 Å². The largest absolute Gasteiger partial charge is 0.344 e. The van der Waals surface area contributed by atoms with E-state index < -0.39 is 0 Å². The molecule has 0 aliphatic heterocycles. The van der Waals surface area contributed by atoms with Crippen molar-refractivity contribution in [1.82, 2.24) is 10.5 Å². The van der Waals surface area contributed by atoms with E-state index in [1.54, 1.807) is 0 Å². The molecule has 0 spiro atoms. The number of rotatable bonds is 3. The zero-order chi connectivity index (χ0) is 11.4. The van der Waals surface area contributed by atoms with Crippen LogP contribution < -0.4 is 10.8 Å². The van der Waals surface area contributed by atoms with Gasteiger partial charge in [-0.15, -0.1) is 11.3 Å². The van der Waals surface area contributed by atoms with E-state index >= 15 is 0 Å². The Bertz CT molecular complexity index is 361. The Morgan fingerprint density at radius 2 is 2.31 bits per heavy atom. The van der Waals surface area contributed by atoms with Crippen LogP contribution in [0.3, 0.4) is 0 Å². The average molecular weight is 241 g/mol. The Balaban J connectivity index is 1.71. The SMILES string of the molecule is Cc1csc(NC(=O)NOC2CCCC2)n1. The Kier molecular flexibility index (Phi) is 3.74. The molecule has 2 amide bonds. The van der Waals surface area contributed by atoms with E-state index in [4.69, 9.17) is 4.84 Å². The first-order valence-corrected chi connectivity index (χ1v) is 6.27. The highest BCUT2D eigenvalue weighted by Crippen LogP contribution is 2.20. The van der Waals surface area contributed by atoms with Crippen molar-refractivity contribution in [3.8, 4) is 0 Å². The van der Waals surface area contributed by atoms with E-state index in [0.717, 1.165) is 18.5 Å². The van der Waals surface area contributed by atoms with Crippen molar-refractivity contribution in [3.63, 3.8) is 0 Å². The minimum atomic E-state index is -0.360. The number of amides is 2. The number of thiazole rings is 1. The van der Waals surface area contributed by atoms with Crippen LogP contribution in [0.5, 0.6) is 0 Å². The van der Waals surface area contributed by atoms with Crippen LogP contribution in [0.25, 0.3) is 0 Å². The van der Waals surface area contributed by atoms with Crippen molar-refractivity contribution in [2.45, 2.75) is 38.7 Å². The minimum absolute atomic E-state index is 0.170. The summed E-state index contributed by atoms with van der Waals surface area (Å²) in [5.74, 6) is 0. The van der Waals surface area contributed by atoms with Gasteiger partial charge in [0.05, 0.1) is 11.8 Å². The molecule has 16 heavy (non-hydrogen) atoms. The number of nitrogens with zero attached hydrogens (tertiary/aromatic N) is 1. The lowest BCUT2D eigenvalue weighted by molar-refractivity contribution is 0.00336. The second-order valence-corrected chi connectivity index (χ2v) is 4.73. The summed E-state index contributed by atoms with van der Waals surface area (Å²) < 4.78 is 0. The second kappa shape index (κ2) is 5.27. The molecule has 1 saturated carbocycles. The van der Waals surface area contributed by atoms with Gasteiger partial charge >= 0.3 is 6.03 Å². The molecule has 0 aromatic carbocycles. The number of nitrogens with one attached hydrogen (secondary N) is 2. The van der Waals surface area contributed by atoms with Gasteiger partial charge in [0.25, 0.3) is 0 Å². The third-order valence-corrected chi connectivity index (χ3v) is 3.34. The van der Waals surface area contributed by atoms with E-state index in [1.807, 2.05) is 12.3 Å². The van der Waals surface area contributed by atoms with E-state index in [9.17, 15) is 4.79 Å². The van der Waals surface area contributed by atoms with Crippen LogP contribution in [0.4, 0.5) is 9.93 Å². The monoisotopic (exact) mass is 241 g/mol. The molecule has 1 heterocycles. The molecule has 0 bridgehead atoms. The van der Waals surface area contributed by atoms with Gasteiger partial charge in [-0.2, -0.15) is 0 Å². The normalized spacial score (nSPS) is 16.3. The summed E-state index contributed by atoms with van der Waals surface area (Å²) >= 11 is 1.40. The fraction of sp³-hybridized carbons (Fsp3) is 0.600. The second-order valence-electron chi connectivity index (χ2n) is 3.87. The van der Waals surface area contributed by atoms with Gasteiger partial charge in [-0.05, 0) is 19.8 Å². The van der Waals surface area contributed by atoms with Gasteiger partial charge in [0.15, 0.2) is 5.13 Å². The van der Waals surface area contributed by atoms with Gasteiger partial charge < -0.3 is 0 Å². The van der Waals surface area contributed by atoms with Crippen LogP contribution in [0, 0.1) is 6.92 Å². The standard InChI is InChI=1S/C10H15N3O2S/c1-7-6-16-10(11-7)12-9(14)13-15-8-4-2-3-5-8/h6,8H,2-5H2,1H3,(H2,11,12,13,14). The molecule has 1 aliphatic rings. The highest BCUT2D eigenvalue weighted by atomic mass is 32.1. The number of carbonyl (C=O) groups excluding carboxylic acids is 1. The summed E-state index contributed by atoms with van der Waals surface area (Å²) in [5, 5.41) is 5.09. The molecule has 0 atom stereocenters. The van der Waals surface area contributed by atoms with Gasteiger partial charge in [-0.25, -0.2) is 15.3 Å². The molecular weight excluding hydrogens is 226 g/mol. The first-order valence-electron chi connectivity index (χ1n) is 5.39. The number of urea groups is 1. The van der Waals surface area contributed by atoms with Crippen molar-refractivity contribution >= 4 is 22.5 Å². The summed E-state index contributed by atoms with van der Waals surface area (Å²) in [6.07, 6.45) is 4.58. The number of hydrogen-bond acceptors (Lipinski definition) is 4. The van der Waals surface area contributed by atoms with Gasteiger partial charge in [0.1, 0.15) is 0 Å². The topological polar surface area (TPSA) is 63.2 Å². The average Bonchev–Trinajstić information content (AvgIpc) is 2.87. The zero-order valence-corrected chi connectivity index (χ0v) is 9.97. The third kappa shape index (κ3) is 3.18. The van der Waals surface area contributed by atoms with Crippen molar-refractivity contribution in [1.29, 1.82) is 0 Å². The zero-order valence-electron chi connectivity index (χ0n) is 9.16. The quantitative estimate of drug-likeness (QED) is 0.799. The first kappa shape index (κ1) is 11.3. The molecule has 2 N–H and O–H groups in total. The van der Waals surface area contributed by atoms with Gasteiger partial charge in [-0.1, -0.05) is 12.8 Å². The number of anilines is 1. The molecule has 0 saturated heterocycles. The van der Waals surface area contributed by atoms with Crippen LogP contribution in [0.15, 0.2) is 5.38 Å². The molecule has 1 aromatic rings. The Morgan fingerprint density at radius 1 is 1.56 bits per heavy atom. The molecule has 88 valence electrons. The predicted molar refractivity (Wildman–Crippen MR) is 62.3 cm³/mol. The van der Waals surface area contributed by atoms with Crippen LogP contribution in [0.2, 0.25) is 0 Å². The van der Waals surface area contributed by atoms with Crippen LogP contribution >= 0.6 is 11.3 Å². The maximum absolute atomic E-state index is 11.4. The van der Waals surface area contributed by atoms with E-state index in [-0.39, 0.29) is 12.1 Å². The van der Waals surface area contributed by atoms with Crippen LogP contribution in [0.1, 0.15) is 31.4 Å². The summed E-state index contributed by atoms with van der Waals surface area (Å²) in [5.41, 5.74) is 3.30. The van der Waals surface area contributed by atoms with Crippen LogP contribution in [-0.2, 0) is 4.84 Å². The lowest BCUT2D eigenvalue weighted by atomic mass is 10.3. The molecule has 1 fully saturated rings. The molecule has 0 radical (unpaired) electrons.